The highest BCUT2D eigenvalue weighted by Crippen LogP contribution is 2.24. The van der Waals surface area contributed by atoms with E-state index in [9.17, 15) is 22.0 Å². The lowest BCUT2D eigenvalue weighted by atomic mass is 10.3. The van der Waals surface area contributed by atoms with Crippen LogP contribution in [0.3, 0.4) is 0 Å². The maximum atomic E-state index is 13.6. The number of rotatable bonds is 4. The number of esters is 1. The molecule has 0 aromatic heterocycles. The van der Waals surface area contributed by atoms with Crippen LogP contribution in [0.15, 0.2) is 34.2 Å². The summed E-state index contributed by atoms with van der Waals surface area (Å²) < 4.78 is 55.5. The molecule has 0 spiro atoms. The van der Waals surface area contributed by atoms with Crippen LogP contribution in [0.2, 0.25) is 0 Å². The predicted octanol–water partition coefficient (Wildman–Crippen LogP) is 1.31. The van der Waals surface area contributed by atoms with Crippen LogP contribution in [-0.4, -0.2) is 40.5 Å². The average Bonchev–Trinajstić information content (AvgIpc) is 2.37. The Morgan fingerprint density at radius 1 is 1.30 bits per heavy atom. The highest BCUT2D eigenvalue weighted by atomic mass is 32.2. The molecule has 0 atom stereocenters. The van der Waals surface area contributed by atoms with Crippen LogP contribution < -0.4 is 0 Å². The Morgan fingerprint density at radius 3 is 2.40 bits per heavy atom. The lowest BCUT2D eigenvalue weighted by Crippen LogP contribution is -2.19. The van der Waals surface area contributed by atoms with E-state index in [0.717, 1.165) is 19.4 Å². The number of carbonyl (C=O) groups is 1. The van der Waals surface area contributed by atoms with Gasteiger partial charge in [-0.1, -0.05) is 0 Å². The molecule has 8 heteroatoms. The number of benzene rings is 1. The van der Waals surface area contributed by atoms with E-state index in [-0.39, 0.29) is 0 Å². The Kier molecular flexibility index (Phi) is 4.83. The first-order chi connectivity index (χ1) is 9.20. The largest absolute Gasteiger partial charge is 0.465 e. The maximum Gasteiger partial charge on any atom is 0.351 e. The highest BCUT2D eigenvalue weighted by molar-refractivity contribution is 7.96. The Balaban J connectivity index is 3.53. The summed E-state index contributed by atoms with van der Waals surface area (Å²) in [6.07, 6.45) is 0.964. The van der Waals surface area contributed by atoms with Gasteiger partial charge in [0.2, 0.25) is 9.84 Å². The maximum absolute atomic E-state index is 13.6. The van der Waals surface area contributed by atoms with Crippen molar-refractivity contribution in [2.45, 2.75) is 4.90 Å². The molecule has 20 heavy (non-hydrogen) atoms. The summed E-state index contributed by atoms with van der Waals surface area (Å²) in [5, 5.41) is 0. The first kappa shape index (κ1) is 16.1. The minimum absolute atomic E-state index is 0.511. The number of ether oxygens (including phenoxy) is 1. The van der Waals surface area contributed by atoms with E-state index >= 15 is 0 Å². The third kappa shape index (κ3) is 3.32. The molecule has 5 nitrogen and oxygen atoms in total. The van der Waals surface area contributed by atoms with Gasteiger partial charge < -0.3 is 9.64 Å². The minimum atomic E-state index is -4.53. The van der Waals surface area contributed by atoms with Crippen molar-refractivity contribution in [2.24, 2.45) is 0 Å². The SMILES string of the molecule is COC(=O)C(=CN(C)C)S(=O)(=O)c1cc(F)ccc1F. The molecule has 1 rings (SSSR count). The molecule has 0 heterocycles. The smallest absolute Gasteiger partial charge is 0.351 e. The second kappa shape index (κ2) is 6.00. The number of halogens is 2. The van der Waals surface area contributed by atoms with E-state index in [2.05, 4.69) is 4.74 Å². The lowest BCUT2D eigenvalue weighted by Gasteiger charge is -2.12. The Hall–Kier alpha value is -1.96. The molecule has 1 aromatic carbocycles. The van der Waals surface area contributed by atoms with E-state index in [1.807, 2.05) is 0 Å². The van der Waals surface area contributed by atoms with Crippen molar-refractivity contribution in [3.63, 3.8) is 0 Å². The van der Waals surface area contributed by atoms with Gasteiger partial charge in [-0.2, -0.15) is 0 Å². The van der Waals surface area contributed by atoms with Gasteiger partial charge in [-0.25, -0.2) is 22.0 Å². The van der Waals surface area contributed by atoms with Crippen LogP contribution >= 0.6 is 0 Å². The zero-order chi connectivity index (χ0) is 15.5. The number of nitrogens with zero attached hydrogens (tertiary/aromatic N) is 1. The van der Waals surface area contributed by atoms with Crippen molar-refractivity contribution >= 4 is 15.8 Å². The quantitative estimate of drug-likeness (QED) is 0.620. The van der Waals surface area contributed by atoms with Gasteiger partial charge in [0, 0.05) is 20.3 Å². The molecular weight excluding hydrogens is 292 g/mol. The lowest BCUT2D eigenvalue weighted by molar-refractivity contribution is -0.135. The van der Waals surface area contributed by atoms with Crippen LogP contribution in [0, 0.1) is 11.6 Å². The van der Waals surface area contributed by atoms with Crippen LogP contribution in [0.25, 0.3) is 0 Å². The summed E-state index contributed by atoms with van der Waals surface area (Å²) in [4.78, 5) is 11.1. The molecule has 1 aromatic rings. The molecule has 110 valence electrons. The molecule has 0 saturated heterocycles. The second-order valence-corrected chi connectivity index (χ2v) is 5.91. The average molecular weight is 305 g/mol. The summed E-state index contributed by atoms with van der Waals surface area (Å²) >= 11 is 0. The molecule has 0 bridgehead atoms. The van der Waals surface area contributed by atoms with Crippen LogP contribution in [0.5, 0.6) is 0 Å². The number of methoxy groups -OCH3 is 1. The first-order valence-electron chi connectivity index (χ1n) is 5.37. The van der Waals surface area contributed by atoms with E-state index < -0.39 is 37.2 Å². The van der Waals surface area contributed by atoms with Crippen molar-refractivity contribution in [3.05, 3.63) is 40.9 Å². The van der Waals surface area contributed by atoms with Crippen molar-refractivity contribution in [2.75, 3.05) is 21.2 Å². The van der Waals surface area contributed by atoms with E-state index in [4.69, 9.17) is 0 Å². The fraction of sp³-hybridized carbons (Fsp3) is 0.250. The summed E-state index contributed by atoms with van der Waals surface area (Å²) in [6.45, 7) is 0. The Bertz CT molecular complexity index is 653. The van der Waals surface area contributed by atoms with E-state index in [1.54, 1.807) is 0 Å². The summed E-state index contributed by atoms with van der Waals surface area (Å²) in [5.41, 5.74) is 0. The van der Waals surface area contributed by atoms with Crippen molar-refractivity contribution < 1.29 is 26.7 Å². The number of carbonyl (C=O) groups excluding carboxylic acids is 1. The van der Waals surface area contributed by atoms with Crippen LogP contribution in [-0.2, 0) is 19.4 Å². The molecule has 0 N–H and O–H groups in total. The topological polar surface area (TPSA) is 63.7 Å². The van der Waals surface area contributed by atoms with Crippen molar-refractivity contribution in [3.8, 4) is 0 Å². The summed E-state index contributed by atoms with van der Waals surface area (Å²) in [6, 6.07) is 1.96. The van der Waals surface area contributed by atoms with Gasteiger partial charge in [0.05, 0.1) is 7.11 Å². The van der Waals surface area contributed by atoms with Crippen LogP contribution in [0.1, 0.15) is 0 Å². The second-order valence-electron chi connectivity index (χ2n) is 4.03. The highest BCUT2D eigenvalue weighted by Gasteiger charge is 2.31. The van der Waals surface area contributed by atoms with Gasteiger partial charge in [0.1, 0.15) is 16.5 Å². The number of sulfone groups is 1. The zero-order valence-corrected chi connectivity index (χ0v) is 11.9. The Morgan fingerprint density at radius 2 is 1.90 bits per heavy atom. The molecule has 0 aliphatic heterocycles. The van der Waals surface area contributed by atoms with Gasteiger partial charge in [-0.3, -0.25) is 0 Å². The summed E-state index contributed by atoms with van der Waals surface area (Å²) in [5.74, 6) is -3.25. The van der Waals surface area contributed by atoms with Crippen molar-refractivity contribution in [1.82, 2.24) is 4.90 Å². The monoisotopic (exact) mass is 305 g/mol. The molecule has 0 radical (unpaired) electrons. The third-order valence-corrected chi connectivity index (χ3v) is 3.98. The van der Waals surface area contributed by atoms with Gasteiger partial charge >= 0.3 is 5.97 Å². The molecule has 0 aliphatic carbocycles. The Labute approximate surface area is 115 Å². The molecule has 0 unspecified atom stereocenters. The molecule has 0 amide bonds. The van der Waals surface area contributed by atoms with Crippen molar-refractivity contribution in [1.29, 1.82) is 0 Å². The fourth-order valence-corrected chi connectivity index (χ4v) is 2.85. The van der Waals surface area contributed by atoms with Gasteiger partial charge in [0.15, 0.2) is 4.91 Å². The normalized spacial score (nSPS) is 12.2. The van der Waals surface area contributed by atoms with E-state index in [1.165, 1.54) is 19.0 Å². The molecule has 0 fully saturated rings. The number of hydrogen-bond acceptors (Lipinski definition) is 5. The number of hydrogen-bond donors (Lipinski definition) is 0. The summed E-state index contributed by atoms with van der Waals surface area (Å²) in [7, 11) is -0.596. The third-order valence-electron chi connectivity index (χ3n) is 2.23. The molecule has 0 aliphatic rings. The fourth-order valence-electron chi connectivity index (χ4n) is 1.37. The predicted molar refractivity (Wildman–Crippen MR) is 67.3 cm³/mol. The zero-order valence-electron chi connectivity index (χ0n) is 11.1. The first-order valence-corrected chi connectivity index (χ1v) is 6.85. The molecule has 0 saturated carbocycles. The minimum Gasteiger partial charge on any atom is -0.465 e. The van der Waals surface area contributed by atoms with E-state index in [0.29, 0.717) is 12.1 Å². The van der Waals surface area contributed by atoms with Gasteiger partial charge in [0.25, 0.3) is 0 Å². The van der Waals surface area contributed by atoms with Crippen LogP contribution in [0.4, 0.5) is 8.78 Å². The van der Waals surface area contributed by atoms with Gasteiger partial charge in [-0.15, -0.1) is 0 Å². The molecular formula is C12H13F2NO4S. The standard InChI is InChI=1S/C12H13F2NO4S/c1-15(2)7-11(12(16)19-3)20(17,18)10-6-8(13)4-5-9(10)14/h4-7H,1-3H3. The van der Waals surface area contributed by atoms with Gasteiger partial charge in [-0.05, 0) is 18.2 Å².